The quantitative estimate of drug-likeness (QED) is 0.278. The molecule has 0 amide bonds. The lowest BCUT2D eigenvalue weighted by Crippen LogP contribution is -2.37. The molecule has 0 spiro atoms. The van der Waals surface area contributed by atoms with Crippen molar-refractivity contribution >= 4 is 17.1 Å². The first-order chi connectivity index (χ1) is 20.3. The van der Waals surface area contributed by atoms with E-state index in [9.17, 15) is 4.79 Å². The molecule has 1 fully saturated rings. The molecule has 236 valence electrons. The number of aromatic nitrogens is 4. The fourth-order valence-corrected chi connectivity index (χ4v) is 5.81. The van der Waals surface area contributed by atoms with Gasteiger partial charge in [-0.2, -0.15) is 4.52 Å². The smallest absolute Gasteiger partial charge is 0.242 e. The third kappa shape index (κ3) is 6.59. The van der Waals surface area contributed by atoms with Crippen molar-refractivity contribution < 1.29 is 19.0 Å². The first-order valence-corrected chi connectivity index (χ1v) is 15.6. The van der Waals surface area contributed by atoms with E-state index in [0.29, 0.717) is 30.3 Å². The van der Waals surface area contributed by atoms with E-state index in [1.165, 1.54) is 9.20 Å². The monoisotopic (exact) mass is 594 g/mol. The topological polar surface area (TPSA) is 107 Å². The van der Waals surface area contributed by atoms with Gasteiger partial charge in [0.1, 0.15) is 12.3 Å². The van der Waals surface area contributed by atoms with Crippen molar-refractivity contribution in [2.45, 2.75) is 105 Å². The Bertz CT molecular complexity index is 1500. The molecule has 0 radical (unpaired) electrons. The number of rotatable bonds is 11. The third-order valence-electron chi connectivity index (χ3n) is 8.21. The van der Waals surface area contributed by atoms with Crippen LogP contribution in [-0.4, -0.2) is 64.7 Å². The fourth-order valence-electron chi connectivity index (χ4n) is 5.81. The molecule has 10 nitrogen and oxygen atoms in total. The highest BCUT2D eigenvalue weighted by molar-refractivity contribution is 5.98. The molecule has 43 heavy (non-hydrogen) atoms. The van der Waals surface area contributed by atoms with Crippen LogP contribution in [0.25, 0.3) is 5.65 Å². The number of ketones is 1. The summed E-state index contributed by atoms with van der Waals surface area (Å²) >= 11 is 0. The molecule has 1 saturated heterocycles. The number of ether oxygens (including phenoxy) is 3. The minimum Gasteiger partial charge on any atom is -0.494 e. The minimum atomic E-state index is -0.256. The number of nitrogens with zero attached hydrogens (tertiary/aromatic N) is 5. The van der Waals surface area contributed by atoms with Crippen LogP contribution in [0.5, 0.6) is 11.6 Å². The lowest BCUT2D eigenvalue weighted by atomic mass is 9.84. The zero-order chi connectivity index (χ0) is 31.6. The first-order valence-electron chi connectivity index (χ1n) is 15.6. The summed E-state index contributed by atoms with van der Waals surface area (Å²) in [6.07, 6.45) is 1.76. The number of anilines is 1. The van der Waals surface area contributed by atoms with E-state index in [4.69, 9.17) is 29.8 Å². The number of nitrogens with one attached hydrogen (secondary N) is 1. The molecule has 2 aromatic heterocycles. The molecule has 0 atom stereocenters. The van der Waals surface area contributed by atoms with Crippen molar-refractivity contribution in [2.24, 2.45) is 0 Å². The van der Waals surface area contributed by atoms with Gasteiger partial charge in [0.05, 0.1) is 32.1 Å². The van der Waals surface area contributed by atoms with Crippen LogP contribution in [0.1, 0.15) is 114 Å². The Morgan fingerprint density at radius 2 is 1.65 bits per heavy atom. The van der Waals surface area contributed by atoms with Crippen molar-refractivity contribution in [1.82, 2.24) is 19.4 Å². The van der Waals surface area contributed by atoms with Crippen LogP contribution in [0.4, 0.5) is 5.69 Å². The molecule has 3 heterocycles. The Morgan fingerprint density at radius 3 is 2.19 bits per heavy atom. The van der Waals surface area contributed by atoms with E-state index >= 15 is 0 Å². The maximum absolute atomic E-state index is 14.0. The van der Waals surface area contributed by atoms with Gasteiger partial charge in [-0.15, -0.1) is 10.2 Å². The lowest BCUT2D eigenvalue weighted by Gasteiger charge is -2.33. The number of carbonyl (C=O) groups is 1. The van der Waals surface area contributed by atoms with Crippen LogP contribution in [-0.2, 0) is 16.7 Å². The molecule has 0 bridgehead atoms. The number of hydrogen-bond donors (Lipinski definition) is 1. The molecule has 1 aromatic carbocycles. The number of fused-ring (bicyclic) bond motifs is 1. The second kappa shape index (κ2) is 13.1. The van der Waals surface area contributed by atoms with Gasteiger partial charge in [-0.1, -0.05) is 62.3 Å². The van der Waals surface area contributed by atoms with Gasteiger partial charge in [-0.3, -0.25) is 10.2 Å². The number of methoxy groups -OCH3 is 1. The van der Waals surface area contributed by atoms with Crippen LogP contribution in [0.2, 0.25) is 0 Å². The van der Waals surface area contributed by atoms with Gasteiger partial charge in [0.2, 0.25) is 11.5 Å². The molecule has 3 aromatic rings. The van der Waals surface area contributed by atoms with Crippen LogP contribution in [0.3, 0.4) is 0 Å². The zero-order valence-electron chi connectivity index (χ0n) is 27.7. The predicted octanol–water partition coefficient (Wildman–Crippen LogP) is 5.85. The van der Waals surface area contributed by atoms with Crippen LogP contribution in [0.15, 0.2) is 12.1 Å². The largest absolute Gasteiger partial charge is 0.494 e. The summed E-state index contributed by atoms with van der Waals surface area (Å²) < 4.78 is 20.9. The Balaban J connectivity index is 1.83. The molecule has 1 aliphatic rings. The highest BCUT2D eigenvalue weighted by Gasteiger charge is 2.29. The van der Waals surface area contributed by atoms with Gasteiger partial charge < -0.3 is 19.1 Å². The molecular formula is C33H50N6O4. The third-order valence-corrected chi connectivity index (χ3v) is 8.21. The van der Waals surface area contributed by atoms with Gasteiger partial charge >= 0.3 is 0 Å². The van der Waals surface area contributed by atoms with E-state index in [0.717, 1.165) is 54.1 Å². The fraction of sp³-hybridized carbons (Fsp3) is 0.636. The number of Topliss-reactive ketones (excluding diaryl/α,β-unsaturated/α-hetero) is 1. The van der Waals surface area contributed by atoms with Gasteiger partial charge in [0.25, 0.3) is 0 Å². The molecule has 4 rings (SSSR count). The zero-order valence-corrected chi connectivity index (χ0v) is 27.7. The predicted molar refractivity (Wildman–Crippen MR) is 169 cm³/mol. The lowest BCUT2D eigenvalue weighted by molar-refractivity contribution is 0.0965. The van der Waals surface area contributed by atoms with E-state index in [2.05, 4.69) is 67.2 Å². The summed E-state index contributed by atoms with van der Waals surface area (Å²) in [5.41, 5.74) is 4.80. The molecule has 0 unspecified atom stereocenters. The van der Waals surface area contributed by atoms with Crippen molar-refractivity contribution in [1.29, 1.82) is 5.41 Å². The minimum absolute atomic E-state index is 0.0293. The van der Waals surface area contributed by atoms with E-state index in [-0.39, 0.29) is 41.3 Å². The number of morpholine rings is 1. The summed E-state index contributed by atoms with van der Waals surface area (Å²) in [7, 11) is 1.68. The highest BCUT2D eigenvalue weighted by atomic mass is 16.5. The van der Waals surface area contributed by atoms with Crippen molar-refractivity contribution in [3.05, 3.63) is 40.0 Å². The van der Waals surface area contributed by atoms with Crippen molar-refractivity contribution in [3.63, 3.8) is 0 Å². The molecular weight excluding hydrogens is 544 g/mol. The molecule has 0 aliphatic carbocycles. The van der Waals surface area contributed by atoms with E-state index in [1.54, 1.807) is 7.11 Å². The van der Waals surface area contributed by atoms with Crippen LogP contribution in [0, 0.1) is 5.41 Å². The van der Waals surface area contributed by atoms with Gasteiger partial charge in [0.15, 0.2) is 11.4 Å². The Kier molecular flexibility index (Phi) is 9.89. The van der Waals surface area contributed by atoms with Gasteiger partial charge in [-0.05, 0) is 42.2 Å². The number of hydrogen-bond acceptors (Lipinski definition) is 8. The van der Waals surface area contributed by atoms with Gasteiger partial charge in [-0.25, -0.2) is 4.68 Å². The second-order valence-corrected chi connectivity index (χ2v) is 13.1. The Morgan fingerprint density at radius 1 is 1.02 bits per heavy atom. The molecule has 10 heteroatoms. The standard InChI is InChI=1S/C33H50N6O4/c1-11-23(12-2)43-31-28(21(5)6)27(20(3)4)30-35-38(32(34)39(30)36-31)19-26(40)22-17-24(33(7,8)9)29(41-10)25(18-22)37-13-15-42-16-14-37/h17-18,20-21,23,34H,11-16,19H2,1-10H3. The summed E-state index contributed by atoms with van der Waals surface area (Å²) in [5.74, 6) is 1.46. The average Bonchev–Trinajstić information content (AvgIpc) is 3.27. The summed E-state index contributed by atoms with van der Waals surface area (Å²) in [6, 6.07) is 3.85. The van der Waals surface area contributed by atoms with Crippen LogP contribution < -0.4 is 20.0 Å². The Labute approximate surface area is 255 Å². The summed E-state index contributed by atoms with van der Waals surface area (Å²) in [4.78, 5) is 16.2. The van der Waals surface area contributed by atoms with E-state index < -0.39 is 0 Å². The maximum atomic E-state index is 14.0. The normalized spacial score (nSPS) is 14.4. The van der Waals surface area contributed by atoms with Crippen molar-refractivity contribution in [2.75, 3.05) is 38.3 Å². The van der Waals surface area contributed by atoms with Crippen molar-refractivity contribution in [3.8, 4) is 11.6 Å². The average molecular weight is 595 g/mol. The van der Waals surface area contributed by atoms with Crippen LogP contribution >= 0.6 is 0 Å². The van der Waals surface area contributed by atoms with E-state index in [1.807, 2.05) is 12.1 Å². The molecule has 1 N–H and O–H groups in total. The molecule has 1 aliphatic heterocycles. The van der Waals surface area contributed by atoms with Gasteiger partial charge in [0, 0.05) is 35.3 Å². The maximum Gasteiger partial charge on any atom is 0.242 e. The first kappa shape index (κ1) is 32.5. The number of carbonyl (C=O) groups excluding carboxylic acids is 1. The Hall–Kier alpha value is -3.40. The molecule has 0 saturated carbocycles. The highest BCUT2D eigenvalue weighted by Crippen LogP contribution is 2.41. The SMILES string of the molecule is CCC(CC)Oc1nn2c(=N)n(CC(=O)c3cc(N4CCOCC4)c(OC)c(C(C)(C)C)c3)nc2c(C(C)C)c1C(C)C. The summed E-state index contributed by atoms with van der Waals surface area (Å²) in [5, 5.41) is 18.6. The number of benzene rings is 1. The summed E-state index contributed by atoms with van der Waals surface area (Å²) in [6.45, 7) is 21.7. The second-order valence-electron chi connectivity index (χ2n) is 13.1.